The lowest BCUT2D eigenvalue weighted by atomic mass is 9.88. The number of ketones is 3. The van der Waals surface area contributed by atoms with Gasteiger partial charge in [-0.15, -0.1) is 0 Å². The first-order valence-electron chi connectivity index (χ1n) is 17.9. The largest absolute Gasteiger partial charge is 0.379 e. The zero-order chi connectivity index (χ0) is 37.8. The summed E-state index contributed by atoms with van der Waals surface area (Å²) in [6.45, 7) is 16.6. The van der Waals surface area contributed by atoms with E-state index < -0.39 is 29.8 Å². The van der Waals surface area contributed by atoms with Crippen molar-refractivity contribution in [3.05, 3.63) is 0 Å². The predicted molar refractivity (Wildman–Crippen MR) is 185 cm³/mol. The maximum atomic E-state index is 13.2. The first-order chi connectivity index (χ1) is 23.6. The van der Waals surface area contributed by atoms with E-state index in [4.69, 9.17) is 18.9 Å². The fraction of sp³-hybridized carbons (Fsp3) is 0.806. The average Bonchev–Trinajstić information content (AvgIpc) is 3.33. The van der Waals surface area contributed by atoms with Crippen LogP contribution in [-0.2, 0) is 52.5 Å². The molecule has 286 valence electrons. The Morgan fingerprint density at radius 1 is 0.760 bits per heavy atom. The van der Waals surface area contributed by atoms with Gasteiger partial charge in [0.2, 0.25) is 23.6 Å². The molecule has 0 saturated carbocycles. The minimum Gasteiger partial charge on any atom is -0.379 e. The lowest BCUT2D eigenvalue weighted by Gasteiger charge is -2.26. The summed E-state index contributed by atoms with van der Waals surface area (Å²) in [5, 5.41) is 5.40. The van der Waals surface area contributed by atoms with Crippen molar-refractivity contribution in [3.63, 3.8) is 0 Å². The van der Waals surface area contributed by atoms with E-state index in [0.717, 1.165) is 0 Å². The van der Waals surface area contributed by atoms with Crippen LogP contribution in [0.2, 0.25) is 0 Å². The molecule has 0 aromatic rings. The number of nitrogens with one attached hydrogen (secondary N) is 2. The number of amides is 4. The molecule has 14 nitrogen and oxygen atoms in total. The SMILES string of the molecule is CC(=O)CC[C@@H](NC(=O)CCOCCOCCOCCOCCN1C(=O)CC(C(C)C)C1=O)C(=O)N[C@H](C(=O)C[C@@H](C)C(=O)C(C)C)C(C)C. The van der Waals surface area contributed by atoms with Crippen molar-refractivity contribution < 1.29 is 52.5 Å². The zero-order valence-electron chi connectivity index (χ0n) is 31.4. The number of hydrogen-bond donors (Lipinski definition) is 2. The van der Waals surface area contributed by atoms with Gasteiger partial charge in [-0.25, -0.2) is 0 Å². The third-order valence-electron chi connectivity index (χ3n) is 8.44. The van der Waals surface area contributed by atoms with Gasteiger partial charge < -0.3 is 34.4 Å². The molecule has 50 heavy (non-hydrogen) atoms. The van der Waals surface area contributed by atoms with Gasteiger partial charge in [-0.05, 0) is 25.2 Å². The van der Waals surface area contributed by atoms with Crippen molar-refractivity contribution in [2.24, 2.45) is 29.6 Å². The standard InChI is InChI=1S/C36H61N3O11/c1-23(2)28-22-32(43)39(36(28)46)12-14-48-16-18-50-20-19-49-17-15-47-13-11-31(42)37-29(10-9-27(8)40)35(45)38-33(24(3)4)30(41)21-26(7)34(44)25(5)6/h23-26,28-29,33H,9-22H2,1-8H3,(H,37,42)(H,38,45)/t26-,28?,29-,33+/m1/s1. The Hall–Kier alpha value is -3.07. The van der Waals surface area contributed by atoms with Gasteiger partial charge >= 0.3 is 0 Å². The third kappa shape index (κ3) is 17.2. The molecular weight excluding hydrogens is 650 g/mol. The molecular formula is C36H61N3O11. The van der Waals surface area contributed by atoms with Gasteiger partial charge in [-0.2, -0.15) is 0 Å². The Labute approximate surface area is 297 Å². The Kier molecular flexibility index (Phi) is 21.7. The highest BCUT2D eigenvalue weighted by Crippen LogP contribution is 2.26. The van der Waals surface area contributed by atoms with E-state index in [0.29, 0.717) is 26.4 Å². The highest BCUT2D eigenvalue weighted by atomic mass is 16.6. The normalized spacial score (nSPS) is 16.6. The zero-order valence-corrected chi connectivity index (χ0v) is 31.4. The van der Waals surface area contributed by atoms with Crippen molar-refractivity contribution in [1.82, 2.24) is 15.5 Å². The van der Waals surface area contributed by atoms with Gasteiger partial charge in [0, 0.05) is 43.4 Å². The van der Waals surface area contributed by atoms with E-state index in [-0.39, 0.29) is 118 Å². The Morgan fingerprint density at radius 2 is 1.30 bits per heavy atom. The summed E-state index contributed by atoms with van der Waals surface area (Å²) in [6, 6.07) is -1.85. The number of nitrogens with zero attached hydrogens (tertiary/aromatic N) is 1. The lowest BCUT2D eigenvalue weighted by Crippen LogP contribution is -2.53. The van der Waals surface area contributed by atoms with Crippen LogP contribution in [0.25, 0.3) is 0 Å². The number of imide groups is 1. The molecule has 1 fully saturated rings. The van der Waals surface area contributed by atoms with Crippen LogP contribution in [0.15, 0.2) is 0 Å². The van der Waals surface area contributed by atoms with E-state index in [2.05, 4.69) is 10.6 Å². The third-order valence-corrected chi connectivity index (χ3v) is 8.44. The van der Waals surface area contributed by atoms with Crippen LogP contribution in [0.1, 0.15) is 87.5 Å². The molecule has 2 N–H and O–H groups in total. The molecule has 0 aromatic carbocycles. The second kappa shape index (κ2) is 24.2. The fourth-order valence-electron chi connectivity index (χ4n) is 5.40. The Balaban J connectivity index is 2.29. The minimum absolute atomic E-state index is 0.00149. The van der Waals surface area contributed by atoms with Gasteiger partial charge in [0.15, 0.2) is 5.78 Å². The molecule has 0 aliphatic carbocycles. The molecule has 0 bridgehead atoms. The summed E-state index contributed by atoms with van der Waals surface area (Å²) in [5.41, 5.74) is 0. The molecule has 1 aliphatic rings. The Bertz CT molecular complexity index is 1120. The van der Waals surface area contributed by atoms with Crippen molar-refractivity contribution in [2.45, 2.75) is 99.6 Å². The molecule has 4 amide bonds. The average molecular weight is 712 g/mol. The molecule has 1 aliphatic heterocycles. The van der Waals surface area contributed by atoms with Crippen molar-refractivity contribution in [2.75, 3.05) is 59.4 Å². The smallest absolute Gasteiger partial charge is 0.243 e. The van der Waals surface area contributed by atoms with Crippen LogP contribution in [0.4, 0.5) is 0 Å². The predicted octanol–water partition coefficient (Wildman–Crippen LogP) is 2.29. The van der Waals surface area contributed by atoms with Crippen molar-refractivity contribution in [3.8, 4) is 0 Å². The van der Waals surface area contributed by atoms with Crippen LogP contribution in [0, 0.1) is 29.6 Å². The fourth-order valence-corrected chi connectivity index (χ4v) is 5.40. The van der Waals surface area contributed by atoms with Gasteiger partial charge in [0.25, 0.3) is 0 Å². The summed E-state index contributed by atoms with van der Waals surface area (Å²) < 4.78 is 21.9. The molecule has 0 spiro atoms. The second-order valence-corrected chi connectivity index (χ2v) is 13.9. The number of Topliss-reactive ketones (excluding diaryl/α,β-unsaturated/α-hetero) is 3. The molecule has 0 radical (unpaired) electrons. The van der Waals surface area contributed by atoms with Gasteiger partial charge in [-0.3, -0.25) is 33.7 Å². The summed E-state index contributed by atoms with van der Waals surface area (Å²) in [7, 11) is 0. The number of carbonyl (C=O) groups excluding carboxylic acids is 7. The van der Waals surface area contributed by atoms with Crippen LogP contribution >= 0.6 is 0 Å². The van der Waals surface area contributed by atoms with E-state index in [1.54, 1.807) is 34.6 Å². The highest BCUT2D eigenvalue weighted by molar-refractivity contribution is 6.03. The molecule has 4 atom stereocenters. The molecule has 0 aromatic heterocycles. The number of likely N-dealkylation sites (tertiary alicyclic amines) is 1. The van der Waals surface area contributed by atoms with Gasteiger partial charge in [0.05, 0.1) is 65.4 Å². The van der Waals surface area contributed by atoms with Crippen LogP contribution < -0.4 is 10.6 Å². The molecule has 14 heteroatoms. The lowest BCUT2D eigenvalue weighted by molar-refractivity contribution is -0.140. The van der Waals surface area contributed by atoms with Gasteiger partial charge in [-0.1, -0.05) is 48.5 Å². The topological polar surface area (TPSA) is 184 Å². The van der Waals surface area contributed by atoms with Crippen molar-refractivity contribution in [1.29, 1.82) is 0 Å². The van der Waals surface area contributed by atoms with E-state index >= 15 is 0 Å². The first kappa shape index (κ1) is 45.0. The molecule has 1 heterocycles. The maximum absolute atomic E-state index is 13.2. The molecule has 1 rings (SSSR count). The highest BCUT2D eigenvalue weighted by Gasteiger charge is 2.39. The second-order valence-electron chi connectivity index (χ2n) is 13.9. The first-order valence-corrected chi connectivity index (χ1v) is 17.9. The van der Waals surface area contributed by atoms with Crippen LogP contribution in [0.3, 0.4) is 0 Å². The number of hydrogen-bond acceptors (Lipinski definition) is 11. The summed E-state index contributed by atoms with van der Waals surface area (Å²) in [4.78, 5) is 88.4. The van der Waals surface area contributed by atoms with E-state index in [1.807, 2.05) is 13.8 Å². The summed E-state index contributed by atoms with van der Waals surface area (Å²) in [5.74, 6) is -2.74. The summed E-state index contributed by atoms with van der Waals surface area (Å²) in [6.07, 6.45) is 0.397. The van der Waals surface area contributed by atoms with Gasteiger partial charge in [0.1, 0.15) is 17.6 Å². The molecule has 1 saturated heterocycles. The number of ether oxygens (including phenoxy) is 4. The minimum atomic E-state index is -1.01. The maximum Gasteiger partial charge on any atom is 0.243 e. The quantitative estimate of drug-likeness (QED) is 0.0897. The number of carbonyl (C=O) groups is 7. The van der Waals surface area contributed by atoms with Crippen LogP contribution in [0.5, 0.6) is 0 Å². The molecule has 1 unspecified atom stereocenters. The van der Waals surface area contributed by atoms with E-state index in [1.165, 1.54) is 11.8 Å². The number of rotatable bonds is 28. The monoisotopic (exact) mass is 711 g/mol. The Morgan fingerprint density at radius 3 is 1.78 bits per heavy atom. The van der Waals surface area contributed by atoms with Crippen molar-refractivity contribution >= 4 is 41.0 Å². The van der Waals surface area contributed by atoms with E-state index in [9.17, 15) is 33.6 Å². The van der Waals surface area contributed by atoms with Crippen LogP contribution in [-0.4, -0.2) is 117 Å². The summed E-state index contributed by atoms with van der Waals surface area (Å²) >= 11 is 0.